The molecule has 0 radical (unpaired) electrons. The summed E-state index contributed by atoms with van der Waals surface area (Å²) in [5, 5.41) is 4.28. The molecule has 20 heavy (non-hydrogen) atoms. The molecule has 0 aliphatic rings. The van der Waals surface area contributed by atoms with Gasteiger partial charge < -0.3 is 10.2 Å². The molecule has 0 aliphatic carbocycles. The Kier molecular flexibility index (Phi) is 3.09. The predicted molar refractivity (Wildman–Crippen MR) is 74.0 cm³/mol. The lowest BCUT2D eigenvalue weighted by Gasteiger charge is -2.00. The van der Waals surface area contributed by atoms with Crippen molar-refractivity contribution in [1.82, 2.24) is 9.78 Å². The third-order valence-corrected chi connectivity index (χ3v) is 2.95. The molecule has 5 heteroatoms. The maximum Gasteiger partial charge on any atom is 0.284 e. The van der Waals surface area contributed by atoms with Crippen molar-refractivity contribution in [2.45, 2.75) is 6.54 Å². The summed E-state index contributed by atoms with van der Waals surface area (Å²) in [5.74, 6) is 0.154. The zero-order chi connectivity index (χ0) is 13.9. The van der Waals surface area contributed by atoms with Gasteiger partial charge in [0.15, 0.2) is 5.76 Å². The first-order chi connectivity index (χ1) is 9.72. The summed E-state index contributed by atoms with van der Waals surface area (Å²) in [7, 11) is 0. The second-order valence-electron chi connectivity index (χ2n) is 4.44. The molecule has 0 atom stereocenters. The smallest absolute Gasteiger partial charge is 0.284 e. The molecule has 100 valence electrons. The summed E-state index contributed by atoms with van der Waals surface area (Å²) < 4.78 is 7.18. The maximum absolute atomic E-state index is 11.0. The van der Waals surface area contributed by atoms with Crippen LogP contribution in [0.4, 0.5) is 0 Å². The van der Waals surface area contributed by atoms with Gasteiger partial charge in [0.25, 0.3) is 5.91 Å². The van der Waals surface area contributed by atoms with Crippen molar-refractivity contribution in [3.8, 4) is 11.3 Å². The van der Waals surface area contributed by atoms with Crippen LogP contribution in [0.1, 0.15) is 16.1 Å². The van der Waals surface area contributed by atoms with Crippen molar-refractivity contribution in [2.75, 3.05) is 0 Å². The van der Waals surface area contributed by atoms with E-state index in [0.717, 1.165) is 5.56 Å². The highest BCUT2D eigenvalue weighted by atomic mass is 16.3. The van der Waals surface area contributed by atoms with Crippen molar-refractivity contribution in [3.63, 3.8) is 0 Å². The molecule has 0 unspecified atom stereocenters. The summed E-state index contributed by atoms with van der Waals surface area (Å²) in [4.78, 5) is 11.0. The first-order valence-electron chi connectivity index (χ1n) is 6.19. The Balaban J connectivity index is 1.81. The molecule has 2 heterocycles. The Morgan fingerprint density at radius 3 is 2.70 bits per heavy atom. The van der Waals surface area contributed by atoms with Crippen molar-refractivity contribution in [1.29, 1.82) is 0 Å². The van der Waals surface area contributed by atoms with Crippen LogP contribution in [0.2, 0.25) is 0 Å². The zero-order valence-electron chi connectivity index (χ0n) is 10.7. The minimum atomic E-state index is -0.576. The van der Waals surface area contributed by atoms with Gasteiger partial charge in [0, 0.05) is 6.20 Å². The Morgan fingerprint density at radius 1 is 1.20 bits per heavy atom. The van der Waals surface area contributed by atoms with E-state index in [2.05, 4.69) is 5.10 Å². The Hall–Kier alpha value is -2.82. The minimum Gasteiger partial charge on any atom is -0.451 e. The first-order valence-corrected chi connectivity index (χ1v) is 6.19. The second kappa shape index (κ2) is 5.05. The Morgan fingerprint density at radius 2 is 2.00 bits per heavy atom. The van der Waals surface area contributed by atoms with E-state index < -0.39 is 5.91 Å². The fraction of sp³-hybridized carbons (Fsp3) is 0.0667. The molecule has 0 saturated heterocycles. The molecule has 1 amide bonds. The third-order valence-electron chi connectivity index (χ3n) is 2.95. The van der Waals surface area contributed by atoms with Gasteiger partial charge in [-0.2, -0.15) is 5.10 Å². The van der Waals surface area contributed by atoms with E-state index in [9.17, 15) is 4.79 Å². The van der Waals surface area contributed by atoms with Crippen LogP contribution in [0.5, 0.6) is 0 Å². The maximum atomic E-state index is 11.0. The molecule has 0 aliphatic heterocycles. The van der Waals surface area contributed by atoms with E-state index in [-0.39, 0.29) is 5.76 Å². The fourth-order valence-corrected chi connectivity index (χ4v) is 1.97. The van der Waals surface area contributed by atoms with Crippen LogP contribution >= 0.6 is 0 Å². The second-order valence-corrected chi connectivity index (χ2v) is 4.44. The number of nitrogens with zero attached hydrogens (tertiary/aromatic N) is 2. The number of carbonyl (C=O) groups excluding carboxylic acids is 1. The van der Waals surface area contributed by atoms with Crippen LogP contribution in [0, 0.1) is 0 Å². The van der Waals surface area contributed by atoms with Crippen LogP contribution in [0.3, 0.4) is 0 Å². The summed E-state index contributed by atoms with van der Waals surface area (Å²) in [6.45, 7) is 0.685. The molecular weight excluding hydrogens is 254 g/mol. The van der Waals surface area contributed by atoms with Gasteiger partial charge in [-0.3, -0.25) is 9.48 Å². The lowest BCUT2D eigenvalue weighted by atomic mass is 10.2. The molecule has 0 spiro atoms. The fourth-order valence-electron chi connectivity index (χ4n) is 1.97. The van der Waals surface area contributed by atoms with E-state index >= 15 is 0 Å². The highest BCUT2D eigenvalue weighted by Crippen LogP contribution is 2.21. The van der Waals surface area contributed by atoms with E-state index in [1.165, 1.54) is 5.56 Å². The monoisotopic (exact) mass is 267 g/mol. The molecule has 2 N–H and O–H groups in total. The van der Waals surface area contributed by atoms with Gasteiger partial charge in [-0.1, -0.05) is 30.3 Å². The van der Waals surface area contributed by atoms with Crippen LogP contribution in [-0.2, 0) is 6.54 Å². The number of primary amides is 1. The van der Waals surface area contributed by atoms with Crippen molar-refractivity contribution < 1.29 is 9.21 Å². The lowest BCUT2D eigenvalue weighted by Crippen LogP contribution is -2.09. The van der Waals surface area contributed by atoms with Crippen molar-refractivity contribution in [2.24, 2.45) is 5.73 Å². The largest absolute Gasteiger partial charge is 0.451 e. The topological polar surface area (TPSA) is 74.1 Å². The highest BCUT2D eigenvalue weighted by molar-refractivity contribution is 5.90. The molecule has 0 bridgehead atoms. The van der Waals surface area contributed by atoms with Crippen molar-refractivity contribution >= 4 is 5.91 Å². The highest BCUT2D eigenvalue weighted by Gasteiger charge is 2.10. The summed E-state index contributed by atoms with van der Waals surface area (Å²) in [6.07, 6.45) is 3.57. The van der Waals surface area contributed by atoms with Gasteiger partial charge in [-0.05, 0) is 17.7 Å². The number of rotatable bonds is 4. The van der Waals surface area contributed by atoms with E-state index in [1.807, 2.05) is 41.2 Å². The molecule has 0 fully saturated rings. The van der Waals surface area contributed by atoms with Gasteiger partial charge in [-0.15, -0.1) is 0 Å². The quantitative estimate of drug-likeness (QED) is 0.788. The van der Waals surface area contributed by atoms with E-state index in [0.29, 0.717) is 12.3 Å². The number of furan rings is 1. The lowest BCUT2D eigenvalue weighted by molar-refractivity contribution is 0.0974. The first kappa shape index (κ1) is 12.2. The van der Waals surface area contributed by atoms with Gasteiger partial charge in [0.2, 0.25) is 0 Å². The molecule has 1 aromatic carbocycles. The number of aromatic nitrogens is 2. The van der Waals surface area contributed by atoms with Gasteiger partial charge >= 0.3 is 0 Å². The average molecular weight is 267 g/mol. The number of benzene rings is 1. The summed E-state index contributed by atoms with van der Waals surface area (Å²) in [5.41, 5.74) is 7.14. The third kappa shape index (κ3) is 2.47. The number of amides is 1. The normalized spacial score (nSPS) is 10.6. The minimum absolute atomic E-state index is 0.149. The van der Waals surface area contributed by atoms with Crippen LogP contribution in [-0.4, -0.2) is 15.7 Å². The SMILES string of the molecule is NC(=O)c1ccc(-c2cnn(Cc3ccccc3)c2)o1. The standard InChI is InChI=1S/C15H13N3O2/c16-15(19)14-7-6-13(20-14)12-8-17-18(10-12)9-11-4-2-1-3-5-11/h1-8,10H,9H2,(H2,16,19). The molecule has 3 aromatic rings. The Labute approximate surface area is 115 Å². The van der Waals surface area contributed by atoms with Crippen LogP contribution in [0.15, 0.2) is 59.3 Å². The predicted octanol–water partition coefficient (Wildman–Crippen LogP) is 2.29. The number of hydrogen-bond donors (Lipinski definition) is 1. The van der Waals surface area contributed by atoms with Crippen LogP contribution in [0.25, 0.3) is 11.3 Å². The molecule has 3 rings (SSSR count). The summed E-state index contributed by atoms with van der Waals surface area (Å²) >= 11 is 0. The number of carbonyl (C=O) groups is 1. The molecule has 2 aromatic heterocycles. The van der Waals surface area contributed by atoms with Gasteiger partial charge in [0.1, 0.15) is 5.76 Å². The van der Waals surface area contributed by atoms with Crippen LogP contribution < -0.4 is 5.73 Å². The van der Waals surface area contributed by atoms with E-state index in [4.69, 9.17) is 10.2 Å². The molecular formula is C15H13N3O2. The molecule has 5 nitrogen and oxygen atoms in total. The van der Waals surface area contributed by atoms with E-state index in [1.54, 1.807) is 18.3 Å². The van der Waals surface area contributed by atoms with Gasteiger partial charge in [0.05, 0.1) is 18.3 Å². The number of nitrogens with two attached hydrogens (primary N) is 1. The Bertz CT molecular complexity index is 728. The van der Waals surface area contributed by atoms with Gasteiger partial charge in [-0.25, -0.2) is 0 Å². The van der Waals surface area contributed by atoms with Crippen molar-refractivity contribution in [3.05, 3.63) is 66.2 Å². The summed E-state index contributed by atoms with van der Waals surface area (Å²) in [6, 6.07) is 13.3. The average Bonchev–Trinajstić information content (AvgIpc) is 3.08. The zero-order valence-corrected chi connectivity index (χ0v) is 10.7. The number of hydrogen-bond acceptors (Lipinski definition) is 3. The molecule has 0 saturated carbocycles.